The third-order valence-electron chi connectivity index (χ3n) is 5.30. The van der Waals surface area contributed by atoms with Crippen LogP contribution in [-0.2, 0) is 4.79 Å². The van der Waals surface area contributed by atoms with E-state index in [0.717, 1.165) is 41.1 Å². The van der Waals surface area contributed by atoms with Crippen molar-refractivity contribution < 1.29 is 4.79 Å². The number of anilines is 2. The number of carbonyl (C=O) groups is 1. The number of aromatic nitrogens is 3. The first-order valence-electron chi connectivity index (χ1n) is 10.4. The van der Waals surface area contributed by atoms with Gasteiger partial charge in [-0.1, -0.05) is 47.7 Å². The number of benzene rings is 2. The molecule has 156 valence electrons. The van der Waals surface area contributed by atoms with Gasteiger partial charge in [0.2, 0.25) is 11.9 Å². The predicted molar refractivity (Wildman–Crippen MR) is 123 cm³/mol. The van der Waals surface area contributed by atoms with E-state index < -0.39 is 0 Å². The molecular formula is C23H27N5OS. The molecule has 0 aliphatic carbocycles. The summed E-state index contributed by atoms with van der Waals surface area (Å²) < 4.78 is 2.08. The maximum absolute atomic E-state index is 12.5. The summed E-state index contributed by atoms with van der Waals surface area (Å²) in [4.78, 5) is 14.8. The van der Waals surface area contributed by atoms with Crippen molar-refractivity contribution in [3.8, 4) is 5.69 Å². The van der Waals surface area contributed by atoms with Gasteiger partial charge in [0, 0.05) is 18.8 Å². The summed E-state index contributed by atoms with van der Waals surface area (Å²) in [5, 5.41) is 12.7. The van der Waals surface area contributed by atoms with Gasteiger partial charge < -0.3 is 10.2 Å². The van der Waals surface area contributed by atoms with Gasteiger partial charge in [-0.3, -0.25) is 9.36 Å². The molecule has 0 spiro atoms. The molecule has 1 aliphatic rings. The van der Waals surface area contributed by atoms with Gasteiger partial charge in [-0.25, -0.2) is 0 Å². The lowest BCUT2D eigenvalue weighted by Gasteiger charge is -2.27. The van der Waals surface area contributed by atoms with Gasteiger partial charge in [0.25, 0.3) is 0 Å². The summed E-state index contributed by atoms with van der Waals surface area (Å²) in [7, 11) is 0. The second-order valence-electron chi connectivity index (χ2n) is 7.65. The molecular weight excluding hydrogens is 394 g/mol. The van der Waals surface area contributed by atoms with Crippen LogP contribution in [0, 0.1) is 13.8 Å². The van der Waals surface area contributed by atoms with E-state index in [1.165, 1.54) is 36.6 Å². The van der Waals surface area contributed by atoms with Crippen molar-refractivity contribution in [1.29, 1.82) is 0 Å². The first-order chi connectivity index (χ1) is 14.6. The monoisotopic (exact) mass is 421 g/mol. The van der Waals surface area contributed by atoms with Gasteiger partial charge in [-0.2, -0.15) is 0 Å². The van der Waals surface area contributed by atoms with Crippen LogP contribution in [-0.4, -0.2) is 39.5 Å². The molecule has 1 saturated heterocycles. The van der Waals surface area contributed by atoms with Crippen LogP contribution in [0.3, 0.4) is 0 Å². The Balaban J connectivity index is 1.55. The number of carbonyl (C=O) groups excluding carboxylic acids is 1. The van der Waals surface area contributed by atoms with E-state index >= 15 is 0 Å². The molecule has 1 aromatic heterocycles. The molecule has 6 nitrogen and oxygen atoms in total. The summed E-state index contributed by atoms with van der Waals surface area (Å²) in [5.74, 6) is 1.09. The average molecular weight is 422 g/mol. The number of thioether (sulfide) groups is 1. The maximum atomic E-state index is 12.5. The number of piperidine rings is 1. The molecule has 0 atom stereocenters. The summed E-state index contributed by atoms with van der Waals surface area (Å²) >= 11 is 1.41. The third kappa shape index (κ3) is 4.67. The van der Waals surface area contributed by atoms with Crippen molar-refractivity contribution in [3.05, 3.63) is 59.7 Å². The van der Waals surface area contributed by atoms with Crippen LogP contribution in [0.25, 0.3) is 5.69 Å². The fraction of sp³-hybridized carbons (Fsp3) is 0.348. The van der Waals surface area contributed by atoms with E-state index in [4.69, 9.17) is 0 Å². The Labute approximate surface area is 181 Å². The minimum atomic E-state index is -0.0488. The molecule has 0 radical (unpaired) electrons. The highest BCUT2D eigenvalue weighted by Gasteiger charge is 2.22. The Bertz CT molecular complexity index is 1010. The molecule has 2 aromatic carbocycles. The van der Waals surface area contributed by atoms with Crippen molar-refractivity contribution in [2.45, 2.75) is 38.3 Å². The standard InChI is InChI=1S/C23H27N5OS/c1-17-10-12-19(13-11-17)28-22(27-14-6-3-7-15-27)25-26-23(28)30-16-21(29)24-20-9-5-4-8-18(20)2/h4-5,8-13H,3,6-7,14-16H2,1-2H3,(H,24,29). The highest BCUT2D eigenvalue weighted by atomic mass is 32.2. The van der Waals surface area contributed by atoms with Gasteiger partial charge in [0.05, 0.1) is 11.4 Å². The molecule has 7 heteroatoms. The Morgan fingerprint density at radius 3 is 2.47 bits per heavy atom. The van der Waals surface area contributed by atoms with E-state index in [2.05, 4.69) is 56.2 Å². The number of hydrogen-bond donors (Lipinski definition) is 1. The second kappa shape index (κ2) is 9.34. The molecule has 0 saturated carbocycles. The smallest absolute Gasteiger partial charge is 0.234 e. The van der Waals surface area contributed by atoms with Gasteiger partial charge >= 0.3 is 0 Å². The highest BCUT2D eigenvalue weighted by Crippen LogP contribution is 2.28. The zero-order valence-electron chi connectivity index (χ0n) is 17.5. The Morgan fingerprint density at radius 1 is 1.00 bits per heavy atom. The summed E-state index contributed by atoms with van der Waals surface area (Å²) in [6, 6.07) is 16.2. The third-order valence-corrected chi connectivity index (χ3v) is 6.23. The van der Waals surface area contributed by atoms with E-state index in [9.17, 15) is 4.79 Å². The molecule has 1 fully saturated rings. The Hall–Kier alpha value is -2.80. The van der Waals surface area contributed by atoms with Gasteiger partial charge in [-0.05, 0) is 56.9 Å². The number of rotatable bonds is 6. The van der Waals surface area contributed by atoms with Crippen LogP contribution >= 0.6 is 11.8 Å². The molecule has 0 unspecified atom stereocenters. The Morgan fingerprint density at radius 2 is 1.73 bits per heavy atom. The fourth-order valence-corrected chi connectivity index (χ4v) is 4.35. The summed E-state index contributed by atoms with van der Waals surface area (Å²) in [6.45, 7) is 6.04. The largest absolute Gasteiger partial charge is 0.341 e. The summed E-state index contributed by atoms with van der Waals surface area (Å²) in [6.07, 6.45) is 3.60. The topological polar surface area (TPSA) is 63.1 Å². The minimum absolute atomic E-state index is 0.0488. The zero-order valence-corrected chi connectivity index (χ0v) is 18.3. The number of nitrogens with one attached hydrogen (secondary N) is 1. The average Bonchev–Trinajstić information content (AvgIpc) is 3.19. The van der Waals surface area contributed by atoms with E-state index in [-0.39, 0.29) is 11.7 Å². The number of hydrogen-bond acceptors (Lipinski definition) is 5. The fourth-order valence-electron chi connectivity index (χ4n) is 3.60. The quantitative estimate of drug-likeness (QED) is 0.589. The van der Waals surface area contributed by atoms with Crippen molar-refractivity contribution >= 4 is 29.3 Å². The normalized spacial score (nSPS) is 14.0. The lowest BCUT2D eigenvalue weighted by atomic mass is 10.1. The predicted octanol–water partition coefficient (Wildman–Crippen LogP) is 4.61. The molecule has 4 rings (SSSR count). The maximum Gasteiger partial charge on any atom is 0.234 e. The second-order valence-corrected chi connectivity index (χ2v) is 8.60. The van der Waals surface area contributed by atoms with Crippen LogP contribution < -0.4 is 10.2 Å². The molecule has 1 amide bonds. The van der Waals surface area contributed by atoms with Crippen molar-refractivity contribution in [2.24, 2.45) is 0 Å². The first kappa shape index (κ1) is 20.5. The van der Waals surface area contributed by atoms with E-state index in [1.807, 2.05) is 31.2 Å². The Kier molecular flexibility index (Phi) is 6.38. The molecule has 0 bridgehead atoms. The van der Waals surface area contributed by atoms with Crippen molar-refractivity contribution in [3.63, 3.8) is 0 Å². The molecule has 1 aliphatic heterocycles. The van der Waals surface area contributed by atoms with Crippen LogP contribution in [0.2, 0.25) is 0 Å². The molecule has 1 N–H and O–H groups in total. The van der Waals surface area contributed by atoms with Gasteiger partial charge in [0.15, 0.2) is 5.16 Å². The van der Waals surface area contributed by atoms with Crippen LogP contribution in [0.4, 0.5) is 11.6 Å². The summed E-state index contributed by atoms with van der Waals surface area (Å²) in [5.41, 5.74) is 4.12. The van der Waals surface area contributed by atoms with Crippen LogP contribution in [0.1, 0.15) is 30.4 Å². The number of aryl methyl sites for hydroxylation is 2. The molecule has 3 aromatic rings. The van der Waals surface area contributed by atoms with Crippen LogP contribution in [0.15, 0.2) is 53.7 Å². The SMILES string of the molecule is Cc1ccc(-n2c(SCC(=O)Nc3ccccc3C)nnc2N2CCCCC2)cc1. The zero-order chi connectivity index (χ0) is 20.9. The van der Waals surface area contributed by atoms with Gasteiger partial charge in [0.1, 0.15) is 0 Å². The first-order valence-corrected chi connectivity index (χ1v) is 11.4. The van der Waals surface area contributed by atoms with Crippen LogP contribution in [0.5, 0.6) is 0 Å². The minimum Gasteiger partial charge on any atom is -0.341 e. The lowest BCUT2D eigenvalue weighted by Crippen LogP contribution is -2.31. The van der Waals surface area contributed by atoms with Crippen molar-refractivity contribution in [1.82, 2.24) is 14.8 Å². The lowest BCUT2D eigenvalue weighted by molar-refractivity contribution is -0.113. The van der Waals surface area contributed by atoms with Crippen molar-refractivity contribution in [2.75, 3.05) is 29.1 Å². The van der Waals surface area contributed by atoms with E-state index in [0.29, 0.717) is 0 Å². The molecule has 30 heavy (non-hydrogen) atoms. The molecule has 2 heterocycles. The highest BCUT2D eigenvalue weighted by molar-refractivity contribution is 7.99. The number of nitrogens with zero attached hydrogens (tertiary/aromatic N) is 4. The number of para-hydroxylation sites is 1. The van der Waals surface area contributed by atoms with Gasteiger partial charge in [-0.15, -0.1) is 10.2 Å². The van der Waals surface area contributed by atoms with E-state index in [1.54, 1.807) is 0 Å². The number of amides is 1.